The molecule has 118 valence electrons. The SMILES string of the molecule is COCC(O)CCNC(=O)c1ccn(-c2cccc(F)c2)n1. The molecule has 1 aromatic heterocycles. The summed E-state index contributed by atoms with van der Waals surface area (Å²) in [6.45, 7) is 0.542. The van der Waals surface area contributed by atoms with Crippen LogP contribution in [-0.2, 0) is 4.74 Å². The Labute approximate surface area is 127 Å². The van der Waals surface area contributed by atoms with Gasteiger partial charge in [0, 0.05) is 19.9 Å². The molecule has 1 atom stereocenters. The van der Waals surface area contributed by atoms with E-state index in [1.165, 1.54) is 23.9 Å². The first kappa shape index (κ1) is 16.1. The van der Waals surface area contributed by atoms with Crippen LogP contribution in [-0.4, -0.2) is 47.2 Å². The minimum Gasteiger partial charge on any atom is -0.391 e. The topological polar surface area (TPSA) is 76.4 Å². The number of aromatic nitrogens is 2. The highest BCUT2D eigenvalue weighted by molar-refractivity contribution is 5.92. The van der Waals surface area contributed by atoms with E-state index >= 15 is 0 Å². The van der Waals surface area contributed by atoms with Gasteiger partial charge in [-0.1, -0.05) is 6.07 Å². The third-order valence-electron chi connectivity index (χ3n) is 3.02. The van der Waals surface area contributed by atoms with Crippen molar-refractivity contribution in [3.63, 3.8) is 0 Å². The summed E-state index contributed by atoms with van der Waals surface area (Å²) >= 11 is 0. The van der Waals surface area contributed by atoms with Crippen molar-refractivity contribution in [1.29, 1.82) is 0 Å². The molecule has 0 bridgehead atoms. The molecule has 0 saturated carbocycles. The van der Waals surface area contributed by atoms with Crippen LogP contribution in [0.5, 0.6) is 0 Å². The molecule has 0 aliphatic heterocycles. The number of halogens is 1. The van der Waals surface area contributed by atoms with Gasteiger partial charge in [0.05, 0.1) is 18.4 Å². The standard InChI is InChI=1S/C15H18FN3O3/c1-22-10-13(20)5-7-17-15(21)14-6-8-19(18-14)12-4-2-3-11(16)9-12/h2-4,6,8-9,13,20H,5,7,10H2,1H3,(H,17,21). The molecule has 2 rings (SSSR count). The Balaban J connectivity index is 1.92. The van der Waals surface area contributed by atoms with Crippen LogP contribution in [0.15, 0.2) is 36.5 Å². The molecule has 1 aromatic carbocycles. The van der Waals surface area contributed by atoms with Crippen molar-refractivity contribution >= 4 is 5.91 Å². The molecule has 0 aliphatic carbocycles. The molecule has 22 heavy (non-hydrogen) atoms. The van der Waals surface area contributed by atoms with Gasteiger partial charge in [-0.3, -0.25) is 4.79 Å². The van der Waals surface area contributed by atoms with E-state index in [9.17, 15) is 14.3 Å². The molecule has 6 nitrogen and oxygen atoms in total. The van der Waals surface area contributed by atoms with Crippen molar-refractivity contribution < 1.29 is 19.0 Å². The third kappa shape index (κ3) is 4.37. The van der Waals surface area contributed by atoms with E-state index in [4.69, 9.17) is 4.74 Å². The fraction of sp³-hybridized carbons (Fsp3) is 0.333. The molecule has 1 amide bonds. The smallest absolute Gasteiger partial charge is 0.271 e. The zero-order chi connectivity index (χ0) is 15.9. The van der Waals surface area contributed by atoms with Gasteiger partial charge in [0.2, 0.25) is 0 Å². The molecular formula is C15H18FN3O3. The predicted molar refractivity (Wildman–Crippen MR) is 78.4 cm³/mol. The van der Waals surface area contributed by atoms with E-state index in [2.05, 4.69) is 10.4 Å². The van der Waals surface area contributed by atoms with Crippen LogP contribution in [0.4, 0.5) is 4.39 Å². The number of amides is 1. The van der Waals surface area contributed by atoms with Crippen molar-refractivity contribution in [2.45, 2.75) is 12.5 Å². The third-order valence-corrected chi connectivity index (χ3v) is 3.02. The maximum absolute atomic E-state index is 13.2. The van der Waals surface area contributed by atoms with E-state index in [-0.39, 0.29) is 24.0 Å². The van der Waals surface area contributed by atoms with Gasteiger partial charge in [0.1, 0.15) is 5.82 Å². The van der Waals surface area contributed by atoms with Gasteiger partial charge < -0.3 is 15.2 Å². The summed E-state index contributed by atoms with van der Waals surface area (Å²) in [5.41, 5.74) is 0.764. The summed E-state index contributed by atoms with van der Waals surface area (Å²) in [6, 6.07) is 7.48. The maximum atomic E-state index is 13.2. The average molecular weight is 307 g/mol. The van der Waals surface area contributed by atoms with Crippen LogP contribution in [0.2, 0.25) is 0 Å². The lowest BCUT2D eigenvalue weighted by Crippen LogP contribution is -2.28. The number of carbonyl (C=O) groups excluding carboxylic acids is 1. The molecule has 1 heterocycles. The molecule has 7 heteroatoms. The molecule has 0 fully saturated rings. The number of nitrogens with one attached hydrogen (secondary N) is 1. The average Bonchev–Trinajstić information content (AvgIpc) is 2.97. The first-order valence-electron chi connectivity index (χ1n) is 6.87. The van der Waals surface area contributed by atoms with Crippen molar-refractivity contribution in [2.75, 3.05) is 20.3 Å². The number of hydrogen-bond donors (Lipinski definition) is 2. The normalized spacial score (nSPS) is 12.1. The zero-order valence-corrected chi connectivity index (χ0v) is 12.2. The number of carbonyl (C=O) groups is 1. The predicted octanol–water partition coefficient (Wildman–Crippen LogP) is 1.14. The second-order valence-electron chi connectivity index (χ2n) is 4.78. The van der Waals surface area contributed by atoms with E-state index in [0.717, 1.165) is 0 Å². The van der Waals surface area contributed by atoms with Crippen LogP contribution >= 0.6 is 0 Å². The Hall–Kier alpha value is -2.25. The first-order valence-corrected chi connectivity index (χ1v) is 6.87. The van der Waals surface area contributed by atoms with Crippen LogP contribution in [0, 0.1) is 5.82 Å². The van der Waals surface area contributed by atoms with Gasteiger partial charge in [-0.15, -0.1) is 0 Å². The van der Waals surface area contributed by atoms with Gasteiger partial charge in [-0.2, -0.15) is 5.10 Å². The van der Waals surface area contributed by atoms with E-state index in [1.54, 1.807) is 24.4 Å². The van der Waals surface area contributed by atoms with E-state index in [1.807, 2.05) is 0 Å². The number of rotatable bonds is 7. The lowest BCUT2D eigenvalue weighted by atomic mass is 10.2. The molecule has 1 unspecified atom stereocenters. The highest BCUT2D eigenvalue weighted by Crippen LogP contribution is 2.09. The number of ether oxygens (including phenoxy) is 1. The largest absolute Gasteiger partial charge is 0.391 e. The quantitative estimate of drug-likeness (QED) is 0.804. The minimum atomic E-state index is -0.616. The first-order chi connectivity index (χ1) is 10.6. The van der Waals surface area contributed by atoms with Crippen LogP contribution in [0.3, 0.4) is 0 Å². The van der Waals surface area contributed by atoms with Gasteiger partial charge in [-0.25, -0.2) is 9.07 Å². The lowest BCUT2D eigenvalue weighted by molar-refractivity contribution is 0.0587. The van der Waals surface area contributed by atoms with Crippen molar-refractivity contribution in [2.24, 2.45) is 0 Å². The van der Waals surface area contributed by atoms with Crippen molar-refractivity contribution in [3.05, 3.63) is 48.0 Å². The number of nitrogens with zero attached hydrogens (tertiary/aromatic N) is 2. The molecular weight excluding hydrogens is 289 g/mol. The Kier molecular flexibility index (Phi) is 5.62. The second-order valence-corrected chi connectivity index (χ2v) is 4.78. The zero-order valence-electron chi connectivity index (χ0n) is 12.2. The number of benzene rings is 1. The Bertz CT molecular complexity index is 630. The summed E-state index contributed by atoms with van der Waals surface area (Å²) in [5.74, 6) is -0.717. The Morgan fingerprint density at radius 3 is 3.05 bits per heavy atom. The molecule has 0 radical (unpaired) electrons. The number of aliphatic hydroxyl groups excluding tert-OH is 1. The Morgan fingerprint density at radius 1 is 1.50 bits per heavy atom. The highest BCUT2D eigenvalue weighted by atomic mass is 19.1. The molecule has 2 aromatic rings. The van der Waals surface area contributed by atoms with Crippen LogP contribution < -0.4 is 5.32 Å². The van der Waals surface area contributed by atoms with Crippen LogP contribution in [0.25, 0.3) is 5.69 Å². The highest BCUT2D eigenvalue weighted by Gasteiger charge is 2.11. The summed E-state index contributed by atoms with van der Waals surface area (Å²) in [5, 5.41) is 16.2. The maximum Gasteiger partial charge on any atom is 0.271 e. The van der Waals surface area contributed by atoms with Gasteiger partial charge in [0.15, 0.2) is 5.69 Å². The van der Waals surface area contributed by atoms with Crippen molar-refractivity contribution in [1.82, 2.24) is 15.1 Å². The fourth-order valence-electron chi connectivity index (χ4n) is 1.93. The van der Waals surface area contributed by atoms with E-state index < -0.39 is 6.10 Å². The molecule has 0 spiro atoms. The molecule has 0 saturated heterocycles. The minimum absolute atomic E-state index is 0.226. The molecule has 0 aliphatic rings. The summed E-state index contributed by atoms with van der Waals surface area (Å²) < 4.78 is 19.4. The lowest BCUT2D eigenvalue weighted by Gasteiger charge is -2.09. The van der Waals surface area contributed by atoms with Crippen LogP contribution in [0.1, 0.15) is 16.9 Å². The summed E-state index contributed by atoms with van der Waals surface area (Å²) in [4.78, 5) is 11.9. The van der Waals surface area contributed by atoms with E-state index in [0.29, 0.717) is 18.7 Å². The monoisotopic (exact) mass is 307 g/mol. The number of aliphatic hydroxyl groups is 1. The van der Waals surface area contributed by atoms with Crippen molar-refractivity contribution in [3.8, 4) is 5.69 Å². The number of hydrogen-bond acceptors (Lipinski definition) is 4. The number of methoxy groups -OCH3 is 1. The second kappa shape index (κ2) is 7.67. The van der Waals surface area contributed by atoms with Gasteiger partial charge >= 0.3 is 0 Å². The summed E-state index contributed by atoms with van der Waals surface area (Å²) in [6.07, 6.45) is 1.36. The Morgan fingerprint density at radius 2 is 2.32 bits per heavy atom. The van der Waals surface area contributed by atoms with Gasteiger partial charge in [0.25, 0.3) is 5.91 Å². The summed E-state index contributed by atoms with van der Waals surface area (Å²) in [7, 11) is 1.50. The molecule has 2 N–H and O–H groups in total. The van der Waals surface area contributed by atoms with Gasteiger partial charge in [-0.05, 0) is 30.7 Å². The fourth-order valence-corrected chi connectivity index (χ4v) is 1.93.